The molecule has 1 saturated heterocycles. The van der Waals surface area contributed by atoms with Gasteiger partial charge in [-0.1, -0.05) is 42.4 Å². The Kier molecular flexibility index (Phi) is 7.48. The maximum Gasteiger partial charge on any atom is 0.191 e. The summed E-state index contributed by atoms with van der Waals surface area (Å²) in [7, 11) is 0. The molecular weight excluding hydrogens is 350 g/mol. The Hall–Kier alpha value is -2.34. The molecule has 2 heterocycles. The van der Waals surface area contributed by atoms with E-state index in [1.165, 1.54) is 5.56 Å². The summed E-state index contributed by atoms with van der Waals surface area (Å²) < 4.78 is 5.34. The molecule has 1 aliphatic heterocycles. The second kappa shape index (κ2) is 10.3. The third-order valence-electron chi connectivity index (χ3n) is 5.41. The molecule has 0 amide bonds. The first kappa shape index (κ1) is 20.4. The lowest BCUT2D eigenvalue weighted by Crippen LogP contribution is -2.49. The Morgan fingerprint density at radius 1 is 1.25 bits per heavy atom. The molecule has 1 fully saturated rings. The molecule has 6 nitrogen and oxygen atoms in total. The van der Waals surface area contributed by atoms with Gasteiger partial charge in [-0.2, -0.15) is 0 Å². The van der Waals surface area contributed by atoms with Gasteiger partial charge in [-0.3, -0.25) is 4.90 Å². The first-order valence-corrected chi connectivity index (χ1v) is 10.5. The van der Waals surface area contributed by atoms with E-state index in [-0.39, 0.29) is 0 Å². The number of hydrogen-bond acceptors (Lipinski definition) is 4. The van der Waals surface area contributed by atoms with Gasteiger partial charge in [0.25, 0.3) is 0 Å². The van der Waals surface area contributed by atoms with Crippen LogP contribution in [0.25, 0.3) is 0 Å². The summed E-state index contributed by atoms with van der Waals surface area (Å²) in [5, 5.41) is 11.0. The highest BCUT2D eigenvalue weighted by Gasteiger charge is 2.24. The van der Waals surface area contributed by atoms with Gasteiger partial charge in [-0.15, -0.1) is 0 Å². The fourth-order valence-corrected chi connectivity index (χ4v) is 3.64. The lowest BCUT2D eigenvalue weighted by atomic mass is 10.0. The Balaban J connectivity index is 1.51. The second-order valence-electron chi connectivity index (χ2n) is 7.37. The first-order chi connectivity index (χ1) is 13.7. The number of aliphatic imine (C=N–C) groups is 1. The van der Waals surface area contributed by atoms with E-state index in [0.29, 0.717) is 18.6 Å². The topological polar surface area (TPSA) is 65.7 Å². The normalized spacial score (nSPS) is 17.5. The summed E-state index contributed by atoms with van der Waals surface area (Å²) >= 11 is 0. The van der Waals surface area contributed by atoms with E-state index in [1.54, 1.807) is 0 Å². The summed E-state index contributed by atoms with van der Waals surface area (Å²) in [4.78, 5) is 7.24. The Morgan fingerprint density at radius 3 is 2.64 bits per heavy atom. The highest BCUT2D eigenvalue weighted by atomic mass is 16.5. The molecule has 2 N–H and O–H groups in total. The van der Waals surface area contributed by atoms with Gasteiger partial charge in [0.1, 0.15) is 6.54 Å². The number of piperidine rings is 1. The number of nitrogens with zero attached hydrogens (tertiary/aromatic N) is 3. The first-order valence-electron chi connectivity index (χ1n) is 10.5. The fourth-order valence-electron chi connectivity index (χ4n) is 3.64. The maximum atomic E-state index is 5.34. The molecule has 0 radical (unpaired) electrons. The smallest absolute Gasteiger partial charge is 0.191 e. The highest BCUT2D eigenvalue weighted by molar-refractivity contribution is 5.80. The van der Waals surface area contributed by atoms with Crippen LogP contribution in [-0.4, -0.2) is 41.7 Å². The molecule has 0 aliphatic carbocycles. The molecule has 6 heteroatoms. The van der Waals surface area contributed by atoms with Crippen LogP contribution >= 0.6 is 0 Å². The zero-order valence-electron chi connectivity index (χ0n) is 17.3. The lowest BCUT2D eigenvalue weighted by Gasteiger charge is -2.37. The minimum atomic E-state index is 0.443. The quantitative estimate of drug-likeness (QED) is 0.566. The van der Waals surface area contributed by atoms with Crippen molar-refractivity contribution in [3.8, 4) is 0 Å². The van der Waals surface area contributed by atoms with Gasteiger partial charge < -0.3 is 15.2 Å². The van der Waals surface area contributed by atoms with Crippen LogP contribution in [0.3, 0.4) is 0 Å². The second-order valence-corrected chi connectivity index (χ2v) is 7.37. The molecule has 1 aromatic carbocycles. The molecule has 1 aliphatic rings. The van der Waals surface area contributed by atoms with Crippen molar-refractivity contribution >= 4 is 5.96 Å². The van der Waals surface area contributed by atoms with Crippen molar-refractivity contribution in [2.75, 3.05) is 19.6 Å². The molecule has 3 rings (SSSR count). The van der Waals surface area contributed by atoms with Gasteiger partial charge in [-0.25, -0.2) is 4.99 Å². The van der Waals surface area contributed by atoms with Gasteiger partial charge in [0.05, 0.1) is 5.69 Å². The number of rotatable bonds is 7. The monoisotopic (exact) mass is 383 g/mol. The Morgan fingerprint density at radius 2 is 2.00 bits per heavy atom. The fraction of sp³-hybridized carbons (Fsp3) is 0.545. The van der Waals surface area contributed by atoms with E-state index in [4.69, 9.17) is 4.52 Å². The van der Waals surface area contributed by atoms with Gasteiger partial charge in [0, 0.05) is 37.8 Å². The standard InChI is InChI=1S/C22H33N5O/c1-4-19-15-21(28-26-19)16-24-22(23-5-2)25-20-11-13-27(14-12-20)17(3)18-9-7-6-8-10-18/h6-10,15,17,20H,4-5,11-14,16H2,1-3H3,(H2,23,24,25). The van der Waals surface area contributed by atoms with Crippen LogP contribution in [-0.2, 0) is 13.0 Å². The zero-order chi connectivity index (χ0) is 19.8. The molecule has 28 heavy (non-hydrogen) atoms. The Bertz CT molecular complexity index is 734. The van der Waals surface area contributed by atoms with E-state index < -0.39 is 0 Å². The lowest BCUT2D eigenvalue weighted by molar-refractivity contribution is 0.158. The van der Waals surface area contributed by atoms with Gasteiger partial charge in [0.15, 0.2) is 11.7 Å². The molecule has 2 aromatic rings. The van der Waals surface area contributed by atoms with Crippen LogP contribution in [0.4, 0.5) is 0 Å². The van der Waals surface area contributed by atoms with Crippen LogP contribution in [0.2, 0.25) is 0 Å². The maximum absolute atomic E-state index is 5.34. The van der Waals surface area contributed by atoms with Crippen molar-refractivity contribution in [1.29, 1.82) is 0 Å². The third kappa shape index (κ3) is 5.58. The van der Waals surface area contributed by atoms with Crippen LogP contribution < -0.4 is 10.6 Å². The number of likely N-dealkylation sites (tertiary alicyclic amines) is 1. The van der Waals surface area contributed by atoms with Gasteiger partial charge >= 0.3 is 0 Å². The number of hydrogen-bond donors (Lipinski definition) is 2. The summed E-state index contributed by atoms with van der Waals surface area (Å²) in [5.74, 6) is 1.66. The van der Waals surface area contributed by atoms with E-state index >= 15 is 0 Å². The molecule has 1 atom stereocenters. The van der Waals surface area contributed by atoms with Crippen molar-refractivity contribution in [3.05, 3.63) is 53.4 Å². The SMILES string of the molecule is CCNC(=NCc1cc(CC)no1)NC1CCN(C(C)c2ccccc2)CC1. The zero-order valence-corrected chi connectivity index (χ0v) is 17.3. The molecular formula is C22H33N5O. The minimum absolute atomic E-state index is 0.443. The summed E-state index contributed by atoms with van der Waals surface area (Å²) in [6.07, 6.45) is 3.11. The van der Waals surface area contributed by atoms with E-state index in [0.717, 1.165) is 56.3 Å². The van der Waals surface area contributed by atoms with Gasteiger partial charge in [-0.05, 0) is 38.7 Å². The van der Waals surface area contributed by atoms with Gasteiger partial charge in [0.2, 0.25) is 0 Å². The van der Waals surface area contributed by atoms with Crippen molar-refractivity contribution in [2.45, 2.75) is 58.7 Å². The summed E-state index contributed by atoms with van der Waals surface area (Å²) in [6.45, 7) is 9.99. The van der Waals surface area contributed by atoms with E-state index in [2.05, 4.69) is 76.8 Å². The van der Waals surface area contributed by atoms with Crippen LogP contribution in [0.15, 0.2) is 45.9 Å². The third-order valence-corrected chi connectivity index (χ3v) is 5.41. The summed E-state index contributed by atoms with van der Waals surface area (Å²) in [5.41, 5.74) is 2.37. The number of aromatic nitrogens is 1. The largest absolute Gasteiger partial charge is 0.359 e. The Labute approximate surface area is 168 Å². The predicted molar refractivity (Wildman–Crippen MR) is 113 cm³/mol. The van der Waals surface area contributed by atoms with Crippen molar-refractivity contribution in [1.82, 2.24) is 20.7 Å². The number of benzene rings is 1. The molecule has 1 unspecified atom stereocenters. The minimum Gasteiger partial charge on any atom is -0.359 e. The summed E-state index contributed by atoms with van der Waals surface area (Å²) in [6, 6.07) is 13.7. The number of aryl methyl sites for hydroxylation is 1. The van der Waals surface area contributed by atoms with Crippen molar-refractivity contribution in [2.24, 2.45) is 4.99 Å². The van der Waals surface area contributed by atoms with E-state index in [9.17, 15) is 0 Å². The predicted octanol–water partition coefficient (Wildman–Crippen LogP) is 3.52. The molecule has 152 valence electrons. The molecule has 0 bridgehead atoms. The molecule has 0 spiro atoms. The van der Waals surface area contributed by atoms with Crippen LogP contribution in [0, 0.1) is 0 Å². The molecule has 0 saturated carbocycles. The molecule has 1 aromatic heterocycles. The number of nitrogens with one attached hydrogen (secondary N) is 2. The van der Waals surface area contributed by atoms with Crippen LogP contribution in [0.1, 0.15) is 56.7 Å². The van der Waals surface area contributed by atoms with Crippen LogP contribution in [0.5, 0.6) is 0 Å². The van der Waals surface area contributed by atoms with E-state index in [1.807, 2.05) is 6.07 Å². The van der Waals surface area contributed by atoms with Crippen molar-refractivity contribution < 1.29 is 4.52 Å². The average Bonchev–Trinajstić information content (AvgIpc) is 3.21. The van der Waals surface area contributed by atoms with Crippen molar-refractivity contribution in [3.63, 3.8) is 0 Å². The average molecular weight is 384 g/mol. The highest BCUT2D eigenvalue weighted by Crippen LogP contribution is 2.24. The number of guanidine groups is 1.